The molecule has 0 saturated heterocycles. The van der Waals surface area contributed by atoms with Crippen LogP contribution < -0.4 is 0 Å². The van der Waals surface area contributed by atoms with Crippen LogP contribution in [0, 0.1) is 0 Å². The normalized spacial score (nSPS) is 14.2. The number of aliphatic hydroxyl groups excluding tert-OH is 1. The molecule has 0 saturated carbocycles. The fourth-order valence-corrected chi connectivity index (χ4v) is 0.992. The van der Waals surface area contributed by atoms with E-state index in [-0.39, 0.29) is 0 Å². The molecule has 1 atom stereocenters. The Morgan fingerprint density at radius 3 is 2.69 bits per heavy atom. The van der Waals surface area contributed by atoms with Gasteiger partial charge in [0.05, 0.1) is 11.7 Å². The van der Waals surface area contributed by atoms with E-state index in [0.717, 1.165) is 5.56 Å². The number of aromatic nitrogens is 1. The number of nitrogens with zero attached hydrogens (tertiary/aromatic N) is 1. The summed E-state index contributed by atoms with van der Waals surface area (Å²) >= 11 is 0. The third-order valence-electron chi connectivity index (χ3n) is 1.97. The lowest BCUT2D eigenvalue weighted by Gasteiger charge is -2.24. The van der Waals surface area contributed by atoms with Gasteiger partial charge in [-0.1, -0.05) is 6.07 Å². The third kappa shape index (κ3) is 3.13. The Labute approximate surface area is 78.1 Å². The minimum Gasteiger partial charge on any atom is -0.390 e. The lowest BCUT2D eigenvalue weighted by molar-refractivity contribution is -0.0469. The summed E-state index contributed by atoms with van der Waals surface area (Å²) in [7, 11) is 0. The SMILES string of the molecule is CC(C)(O)C(O)Cc1cccnc1. The van der Waals surface area contributed by atoms with Gasteiger partial charge >= 0.3 is 0 Å². The van der Waals surface area contributed by atoms with E-state index >= 15 is 0 Å². The van der Waals surface area contributed by atoms with Gasteiger partial charge in [0.25, 0.3) is 0 Å². The first-order valence-corrected chi connectivity index (χ1v) is 4.29. The summed E-state index contributed by atoms with van der Waals surface area (Å²) in [5.74, 6) is 0. The second-order valence-corrected chi connectivity index (χ2v) is 3.73. The summed E-state index contributed by atoms with van der Waals surface area (Å²) in [5, 5.41) is 19.0. The molecule has 0 spiro atoms. The highest BCUT2D eigenvalue weighted by Gasteiger charge is 2.24. The maximum Gasteiger partial charge on any atom is 0.0862 e. The highest BCUT2D eigenvalue weighted by atomic mass is 16.3. The zero-order chi connectivity index (χ0) is 9.90. The van der Waals surface area contributed by atoms with E-state index in [4.69, 9.17) is 0 Å². The van der Waals surface area contributed by atoms with Crippen molar-refractivity contribution in [1.82, 2.24) is 4.98 Å². The number of pyridine rings is 1. The molecule has 1 aromatic heterocycles. The second-order valence-electron chi connectivity index (χ2n) is 3.73. The molecule has 0 aliphatic rings. The topological polar surface area (TPSA) is 53.4 Å². The number of hydrogen-bond donors (Lipinski definition) is 2. The molecule has 0 aromatic carbocycles. The molecule has 0 radical (unpaired) electrons. The molecule has 72 valence electrons. The Bertz CT molecular complexity index is 253. The Morgan fingerprint density at radius 2 is 2.23 bits per heavy atom. The van der Waals surface area contributed by atoms with Gasteiger partial charge in [-0.2, -0.15) is 0 Å². The van der Waals surface area contributed by atoms with Crippen LogP contribution in [0.1, 0.15) is 19.4 Å². The van der Waals surface area contributed by atoms with E-state index < -0.39 is 11.7 Å². The predicted octanol–water partition coefficient (Wildman–Crippen LogP) is 0.756. The van der Waals surface area contributed by atoms with Crippen LogP contribution in [0.5, 0.6) is 0 Å². The minimum absolute atomic E-state index is 0.428. The summed E-state index contributed by atoms with van der Waals surface area (Å²) < 4.78 is 0. The highest BCUT2D eigenvalue weighted by Crippen LogP contribution is 2.13. The van der Waals surface area contributed by atoms with Gasteiger partial charge in [0, 0.05) is 18.8 Å². The molecule has 0 aliphatic carbocycles. The van der Waals surface area contributed by atoms with Crippen molar-refractivity contribution in [3.8, 4) is 0 Å². The van der Waals surface area contributed by atoms with Crippen LogP contribution in [0.15, 0.2) is 24.5 Å². The Balaban J connectivity index is 2.61. The lowest BCUT2D eigenvalue weighted by Crippen LogP contribution is -2.37. The van der Waals surface area contributed by atoms with Crippen LogP contribution in [-0.2, 0) is 6.42 Å². The lowest BCUT2D eigenvalue weighted by atomic mass is 9.96. The molecule has 2 N–H and O–H groups in total. The first-order valence-electron chi connectivity index (χ1n) is 4.29. The van der Waals surface area contributed by atoms with Crippen LogP contribution in [0.2, 0.25) is 0 Å². The molecule has 0 aliphatic heterocycles. The smallest absolute Gasteiger partial charge is 0.0862 e. The van der Waals surface area contributed by atoms with Gasteiger partial charge in [0.15, 0.2) is 0 Å². The molecular weight excluding hydrogens is 166 g/mol. The van der Waals surface area contributed by atoms with E-state index in [1.807, 2.05) is 12.1 Å². The second kappa shape index (κ2) is 3.85. The molecule has 0 amide bonds. The van der Waals surface area contributed by atoms with E-state index in [1.165, 1.54) is 0 Å². The molecule has 3 nitrogen and oxygen atoms in total. The molecular formula is C10H15NO2. The van der Waals surface area contributed by atoms with Crippen molar-refractivity contribution in [2.75, 3.05) is 0 Å². The summed E-state index contributed by atoms with van der Waals surface area (Å²) in [6, 6.07) is 3.69. The largest absolute Gasteiger partial charge is 0.390 e. The zero-order valence-corrected chi connectivity index (χ0v) is 7.94. The number of rotatable bonds is 3. The van der Waals surface area contributed by atoms with Crippen LogP contribution in [-0.4, -0.2) is 26.9 Å². The molecule has 3 heteroatoms. The highest BCUT2D eigenvalue weighted by molar-refractivity contribution is 5.10. The minimum atomic E-state index is -1.06. The summed E-state index contributed by atoms with van der Waals surface area (Å²) in [6.45, 7) is 3.18. The standard InChI is InChI=1S/C10H15NO2/c1-10(2,13)9(12)6-8-4-3-5-11-7-8/h3-5,7,9,12-13H,6H2,1-2H3. The maximum atomic E-state index is 9.56. The molecule has 1 aromatic rings. The summed E-state index contributed by atoms with van der Waals surface area (Å²) in [4.78, 5) is 3.93. The molecule has 1 unspecified atom stereocenters. The molecule has 0 fully saturated rings. The number of hydrogen-bond acceptors (Lipinski definition) is 3. The van der Waals surface area contributed by atoms with Gasteiger partial charge in [-0.15, -0.1) is 0 Å². The van der Waals surface area contributed by atoms with Crippen molar-refractivity contribution in [3.05, 3.63) is 30.1 Å². The van der Waals surface area contributed by atoms with E-state index in [0.29, 0.717) is 6.42 Å². The Hall–Kier alpha value is -0.930. The van der Waals surface area contributed by atoms with Gasteiger partial charge in [0.1, 0.15) is 0 Å². The van der Waals surface area contributed by atoms with Crippen molar-refractivity contribution in [2.45, 2.75) is 32.0 Å². The van der Waals surface area contributed by atoms with E-state index in [9.17, 15) is 10.2 Å². The van der Waals surface area contributed by atoms with Crippen LogP contribution in [0.25, 0.3) is 0 Å². The van der Waals surface area contributed by atoms with Crippen molar-refractivity contribution >= 4 is 0 Å². The average Bonchev–Trinajstić information content (AvgIpc) is 2.04. The van der Waals surface area contributed by atoms with Gasteiger partial charge in [-0.3, -0.25) is 4.98 Å². The third-order valence-corrected chi connectivity index (χ3v) is 1.97. The van der Waals surface area contributed by atoms with Gasteiger partial charge in [0.2, 0.25) is 0 Å². The molecule has 1 heterocycles. The summed E-state index contributed by atoms with van der Waals surface area (Å²) in [5.41, 5.74) is -0.132. The van der Waals surface area contributed by atoms with Crippen molar-refractivity contribution < 1.29 is 10.2 Å². The number of aliphatic hydroxyl groups is 2. The van der Waals surface area contributed by atoms with E-state index in [2.05, 4.69) is 4.98 Å². The predicted molar refractivity (Wildman–Crippen MR) is 50.2 cm³/mol. The van der Waals surface area contributed by atoms with E-state index in [1.54, 1.807) is 26.2 Å². The summed E-state index contributed by atoms with van der Waals surface area (Å²) in [6.07, 6.45) is 3.04. The quantitative estimate of drug-likeness (QED) is 0.723. The Morgan fingerprint density at radius 1 is 1.54 bits per heavy atom. The van der Waals surface area contributed by atoms with Crippen LogP contribution >= 0.6 is 0 Å². The molecule has 13 heavy (non-hydrogen) atoms. The van der Waals surface area contributed by atoms with Crippen molar-refractivity contribution in [2.24, 2.45) is 0 Å². The van der Waals surface area contributed by atoms with Gasteiger partial charge in [-0.25, -0.2) is 0 Å². The van der Waals surface area contributed by atoms with Crippen LogP contribution in [0.4, 0.5) is 0 Å². The van der Waals surface area contributed by atoms with Crippen LogP contribution in [0.3, 0.4) is 0 Å². The average molecular weight is 181 g/mol. The van der Waals surface area contributed by atoms with Crippen molar-refractivity contribution in [1.29, 1.82) is 0 Å². The Kier molecular flexibility index (Phi) is 3.01. The fraction of sp³-hybridized carbons (Fsp3) is 0.500. The van der Waals surface area contributed by atoms with Gasteiger partial charge in [-0.05, 0) is 25.5 Å². The first-order chi connectivity index (χ1) is 6.00. The fourth-order valence-electron chi connectivity index (χ4n) is 0.992. The van der Waals surface area contributed by atoms with Crippen molar-refractivity contribution in [3.63, 3.8) is 0 Å². The maximum absolute atomic E-state index is 9.56. The zero-order valence-electron chi connectivity index (χ0n) is 7.94. The first kappa shape index (κ1) is 10.2. The molecule has 1 rings (SSSR count). The molecule has 0 bridgehead atoms. The van der Waals surface area contributed by atoms with Gasteiger partial charge < -0.3 is 10.2 Å². The monoisotopic (exact) mass is 181 g/mol.